The van der Waals surface area contributed by atoms with E-state index in [9.17, 15) is 22.0 Å². The highest BCUT2D eigenvalue weighted by Gasteiger charge is 2.30. The van der Waals surface area contributed by atoms with Crippen molar-refractivity contribution < 1.29 is 22.0 Å². The van der Waals surface area contributed by atoms with Crippen molar-refractivity contribution in [1.29, 1.82) is 0 Å². The van der Waals surface area contributed by atoms with Crippen molar-refractivity contribution in [3.05, 3.63) is 58.4 Å². The Balaban J connectivity index is 1.67. The first-order valence-corrected chi connectivity index (χ1v) is 12.6. The monoisotopic (exact) mass is 489 g/mol. The van der Waals surface area contributed by atoms with Gasteiger partial charge >= 0.3 is 0 Å². The van der Waals surface area contributed by atoms with E-state index in [1.807, 2.05) is 0 Å². The summed E-state index contributed by atoms with van der Waals surface area (Å²) in [4.78, 5) is 17.0. The summed E-state index contributed by atoms with van der Waals surface area (Å²) in [6, 6.07) is 7.41. The molecule has 0 radical (unpaired) electrons. The van der Waals surface area contributed by atoms with E-state index < -0.39 is 27.6 Å². The van der Waals surface area contributed by atoms with E-state index in [-0.39, 0.29) is 38.1 Å². The Labute approximate surface area is 194 Å². The third-order valence-electron chi connectivity index (χ3n) is 5.76. The molecule has 6 nitrogen and oxygen atoms in total. The highest BCUT2D eigenvalue weighted by molar-refractivity contribution is 7.89. The van der Waals surface area contributed by atoms with E-state index in [0.29, 0.717) is 0 Å². The number of rotatable bonds is 5. The second kappa shape index (κ2) is 9.17. The third kappa shape index (κ3) is 4.49. The third-order valence-corrected chi connectivity index (χ3v) is 8.71. The van der Waals surface area contributed by atoms with E-state index in [1.165, 1.54) is 33.1 Å². The van der Waals surface area contributed by atoms with Crippen molar-refractivity contribution in [3.8, 4) is 12.3 Å². The molecule has 0 aliphatic heterocycles. The first-order valence-electron chi connectivity index (χ1n) is 10.3. The van der Waals surface area contributed by atoms with Gasteiger partial charge in [0.2, 0.25) is 10.0 Å². The number of carbonyl (C=O) groups excluding carboxylic acids is 1. The molecular formula is C23H21F2N3O3S2. The normalized spacial score (nSPS) is 15.4. The number of halogens is 2. The number of benzene rings is 2. The van der Waals surface area contributed by atoms with Crippen LogP contribution in [0.4, 0.5) is 8.78 Å². The van der Waals surface area contributed by atoms with Crippen LogP contribution in [0.5, 0.6) is 0 Å². The zero-order valence-corrected chi connectivity index (χ0v) is 19.4. The molecule has 1 heterocycles. The zero-order valence-electron chi connectivity index (χ0n) is 17.8. The van der Waals surface area contributed by atoms with Crippen molar-refractivity contribution in [2.24, 2.45) is 4.99 Å². The van der Waals surface area contributed by atoms with Crippen LogP contribution in [0.15, 0.2) is 46.3 Å². The second-order valence-electron chi connectivity index (χ2n) is 7.81. The van der Waals surface area contributed by atoms with Gasteiger partial charge in [0, 0.05) is 24.7 Å². The molecule has 0 bridgehead atoms. The van der Waals surface area contributed by atoms with Gasteiger partial charge in [0.1, 0.15) is 5.82 Å². The molecule has 1 aliphatic rings. The van der Waals surface area contributed by atoms with Gasteiger partial charge in [-0.2, -0.15) is 9.30 Å². The summed E-state index contributed by atoms with van der Waals surface area (Å²) in [5, 5.41) is 0. The lowest BCUT2D eigenvalue weighted by molar-refractivity contribution is 0.0997. The summed E-state index contributed by atoms with van der Waals surface area (Å²) >= 11 is 0.938. The van der Waals surface area contributed by atoms with Gasteiger partial charge in [0.25, 0.3) is 5.91 Å². The topological polar surface area (TPSA) is 71.7 Å². The number of hydrogen-bond acceptors (Lipinski definition) is 4. The molecule has 1 aromatic heterocycles. The van der Waals surface area contributed by atoms with Gasteiger partial charge in [0.05, 0.1) is 21.7 Å². The fraction of sp³-hybridized carbons (Fsp3) is 0.304. The average molecular weight is 490 g/mol. The van der Waals surface area contributed by atoms with Crippen molar-refractivity contribution in [2.45, 2.75) is 43.2 Å². The predicted octanol–water partition coefficient (Wildman–Crippen LogP) is 3.92. The van der Waals surface area contributed by atoms with Gasteiger partial charge in [0.15, 0.2) is 10.6 Å². The molecule has 0 spiro atoms. The fourth-order valence-corrected chi connectivity index (χ4v) is 6.49. The number of terminal acetylenes is 1. The van der Waals surface area contributed by atoms with Crippen LogP contribution in [0.25, 0.3) is 10.2 Å². The van der Waals surface area contributed by atoms with E-state index in [2.05, 4.69) is 10.9 Å². The Morgan fingerprint density at radius 3 is 2.55 bits per heavy atom. The van der Waals surface area contributed by atoms with E-state index in [0.717, 1.165) is 49.2 Å². The summed E-state index contributed by atoms with van der Waals surface area (Å²) in [6.45, 7) is -0.0562. The van der Waals surface area contributed by atoms with Crippen molar-refractivity contribution in [3.63, 3.8) is 0 Å². The minimum atomic E-state index is -3.67. The average Bonchev–Trinajstić information content (AvgIpc) is 3.42. The summed E-state index contributed by atoms with van der Waals surface area (Å²) in [5.74, 6) is 0.186. The number of hydrogen-bond donors (Lipinski definition) is 0. The maximum Gasteiger partial charge on any atom is 0.279 e. The van der Waals surface area contributed by atoms with Crippen LogP contribution in [-0.2, 0) is 16.6 Å². The number of thiazole rings is 1. The molecule has 3 aromatic rings. The largest absolute Gasteiger partial charge is 0.302 e. The number of nitrogens with zero attached hydrogens (tertiary/aromatic N) is 3. The SMILES string of the molecule is C#CCn1c(=NC(=O)c2ccc(S(=O)(=O)N(C)C3CCCC3)cc2)sc2cc(F)cc(F)c21. The molecule has 1 saturated carbocycles. The Bertz CT molecular complexity index is 1430. The van der Waals surface area contributed by atoms with Gasteiger partial charge in [-0.15, -0.1) is 6.42 Å². The minimum Gasteiger partial charge on any atom is -0.302 e. The first kappa shape index (κ1) is 23.3. The van der Waals surface area contributed by atoms with Crippen LogP contribution in [0, 0.1) is 24.0 Å². The molecule has 0 saturated heterocycles. The standard InChI is InChI=1S/C23H21F2N3O3S2/c1-3-12-28-21-19(25)13-16(24)14-20(21)32-23(28)26-22(29)15-8-10-18(11-9-15)33(30,31)27(2)17-6-4-5-7-17/h1,8-11,13-14,17H,4-7,12H2,2H3. The molecule has 1 aliphatic carbocycles. The lowest BCUT2D eigenvalue weighted by atomic mass is 10.2. The Morgan fingerprint density at radius 2 is 1.91 bits per heavy atom. The number of sulfonamides is 1. The molecule has 172 valence electrons. The number of fused-ring (bicyclic) bond motifs is 1. The fourth-order valence-electron chi connectivity index (χ4n) is 4.00. The Hall–Kier alpha value is -2.87. The Morgan fingerprint density at radius 1 is 1.24 bits per heavy atom. The lowest BCUT2D eigenvalue weighted by Crippen LogP contribution is -2.35. The number of carbonyl (C=O) groups is 1. The second-order valence-corrected chi connectivity index (χ2v) is 10.8. The highest BCUT2D eigenvalue weighted by Crippen LogP contribution is 2.27. The quantitative estimate of drug-likeness (QED) is 0.510. The van der Waals surface area contributed by atoms with Crippen LogP contribution >= 0.6 is 11.3 Å². The maximum absolute atomic E-state index is 14.3. The molecule has 1 fully saturated rings. The van der Waals surface area contributed by atoms with Gasteiger partial charge in [-0.05, 0) is 43.2 Å². The van der Waals surface area contributed by atoms with Gasteiger partial charge in [-0.3, -0.25) is 4.79 Å². The zero-order chi connectivity index (χ0) is 23.8. The lowest BCUT2D eigenvalue weighted by Gasteiger charge is -2.23. The summed E-state index contributed by atoms with van der Waals surface area (Å²) in [6.07, 6.45) is 9.06. The molecule has 2 aromatic carbocycles. The van der Waals surface area contributed by atoms with Crippen LogP contribution in [0.2, 0.25) is 0 Å². The molecule has 10 heteroatoms. The maximum atomic E-state index is 14.3. The van der Waals surface area contributed by atoms with E-state index >= 15 is 0 Å². The summed E-state index contributed by atoms with van der Waals surface area (Å²) in [7, 11) is -2.10. The minimum absolute atomic E-state index is 0.0175. The molecule has 1 amide bonds. The Kier molecular flexibility index (Phi) is 6.47. The predicted molar refractivity (Wildman–Crippen MR) is 122 cm³/mol. The van der Waals surface area contributed by atoms with Gasteiger partial charge in [-0.1, -0.05) is 30.1 Å². The molecule has 0 N–H and O–H groups in total. The van der Waals surface area contributed by atoms with Crippen molar-refractivity contribution in [2.75, 3.05) is 7.05 Å². The van der Waals surface area contributed by atoms with Gasteiger partial charge in [-0.25, -0.2) is 17.2 Å². The summed E-state index contributed by atoms with van der Waals surface area (Å²) in [5.41, 5.74) is 0.233. The van der Waals surface area contributed by atoms with Crippen LogP contribution in [-0.4, -0.2) is 36.3 Å². The van der Waals surface area contributed by atoms with Crippen molar-refractivity contribution in [1.82, 2.24) is 8.87 Å². The number of aromatic nitrogens is 1. The van der Waals surface area contributed by atoms with Crippen LogP contribution in [0.1, 0.15) is 36.0 Å². The van der Waals surface area contributed by atoms with Crippen LogP contribution < -0.4 is 4.80 Å². The van der Waals surface area contributed by atoms with Crippen LogP contribution in [0.3, 0.4) is 0 Å². The summed E-state index contributed by atoms with van der Waals surface area (Å²) < 4.78 is 56.7. The smallest absolute Gasteiger partial charge is 0.279 e. The van der Waals surface area contributed by atoms with Crippen molar-refractivity contribution >= 4 is 37.5 Å². The first-order chi connectivity index (χ1) is 15.7. The molecule has 0 unspecified atom stereocenters. The molecule has 33 heavy (non-hydrogen) atoms. The molecule has 0 atom stereocenters. The highest BCUT2D eigenvalue weighted by atomic mass is 32.2. The van der Waals surface area contributed by atoms with E-state index in [1.54, 1.807) is 7.05 Å². The van der Waals surface area contributed by atoms with Gasteiger partial charge < -0.3 is 4.57 Å². The molecule has 4 rings (SSSR count). The number of amides is 1. The molecular weight excluding hydrogens is 468 g/mol. The van der Waals surface area contributed by atoms with E-state index in [4.69, 9.17) is 6.42 Å².